The fourth-order valence-electron chi connectivity index (χ4n) is 4.09. The lowest BCUT2D eigenvalue weighted by molar-refractivity contribution is 0.261. The van der Waals surface area contributed by atoms with E-state index in [2.05, 4.69) is 61.1 Å². The molecule has 0 radical (unpaired) electrons. The van der Waals surface area contributed by atoms with Crippen LogP contribution in [0.5, 0.6) is 0 Å². The van der Waals surface area contributed by atoms with E-state index in [9.17, 15) is 0 Å². The molecule has 2 nitrogen and oxygen atoms in total. The van der Waals surface area contributed by atoms with Crippen LogP contribution >= 0.6 is 0 Å². The van der Waals surface area contributed by atoms with Crippen molar-refractivity contribution in [1.82, 2.24) is 9.97 Å². The molecule has 1 aliphatic rings. The molecule has 0 spiro atoms. The highest BCUT2D eigenvalue weighted by Gasteiger charge is 2.23. The van der Waals surface area contributed by atoms with Crippen molar-refractivity contribution in [2.75, 3.05) is 0 Å². The minimum Gasteiger partial charge on any atom is -0.238 e. The summed E-state index contributed by atoms with van der Waals surface area (Å²) in [5, 5.41) is 0. The number of benzene rings is 1. The summed E-state index contributed by atoms with van der Waals surface area (Å²) in [5.41, 5.74) is 5.07. The second-order valence-corrected chi connectivity index (χ2v) is 7.36. The lowest BCUT2D eigenvalue weighted by atomic mass is 9.77. The number of aromatic nitrogens is 2. The molecule has 1 heterocycles. The van der Waals surface area contributed by atoms with E-state index in [1.165, 1.54) is 43.2 Å². The summed E-state index contributed by atoms with van der Waals surface area (Å²) in [4.78, 5) is 9.28. The van der Waals surface area contributed by atoms with Gasteiger partial charge in [-0.3, -0.25) is 0 Å². The standard InChI is InChI=1S/C21H28N2/c1-15-6-4-7-18(10-15)12-19-8-5-9-20(13-19)14-21-22-16(2)11-17(3)23-21/h4,6-7,10-11,19-20H,5,8-9,12-14H2,1-3H3. The molecule has 1 aromatic heterocycles. The Kier molecular flexibility index (Phi) is 5.09. The van der Waals surface area contributed by atoms with Gasteiger partial charge in [0, 0.05) is 17.8 Å². The van der Waals surface area contributed by atoms with Crippen molar-refractivity contribution in [3.05, 3.63) is 58.7 Å². The molecule has 122 valence electrons. The fourth-order valence-corrected chi connectivity index (χ4v) is 4.09. The molecule has 3 rings (SSSR count). The predicted molar refractivity (Wildman–Crippen MR) is 95.5 cm³/mol. The highest BCUT2D eigenvalue weighted by Crippen LogP contribution is 2.33. The van der Waals surface area contributed by atoms with Gasteiger partial charge in [-0.05, 0) is 63.5 Å². The van der Waals surface area contributed by atoms with Crippen LogP contribution in [-0.4, -0.2) is 9.97 Å². The molecule has 2 atom stereocenters. The van der Waals surface area contributed by atoms with Gasteiger partial charge in [0.05, 0.1) is 0 Å². The van der Waals surface area contributed by atoms with Crippen molar-refractivity contribution in [2.24, 2.45) is 11.8 Å². The zero-order chi connectivity index (χ0) is 16.2. The Morgan fingerprint density at radius 2 is 1.61 bits per heavy atom. The lowest BCUT2D eigenvalue weighted by Crippen LogP contribution is -2.20. The van der Waals surface area contributed by atoms with E-state index in [0.717, 1.165) is 35.5 Å². The van der Waals surface area contributed by atoms with E-state index >= 15 is 0 Å². The molecule has 0 amide bonds. The van der Waals surface area contributed by atoms with E-state index in [0.29, 0.717) is 0 Å². The zero-order valence-corrected chi connectivity index (χ0v) is 14.7. The number of rotatable bonds is 4. The van der Waals surface area contributed by atoms with Gasteiger partial charge < -0.3 is 0 Å². The molecule has 0 aliphatic heterocycles. The van der Waals surface area contributed by atoms with Crippen molar-refractivity contribution in [3.8, 4) is 0 Å². The van der Waals surface area contributed by atoms with Gasteiger partial charge in [-0.15, -0.1) is 0 Å². The molecule has 1 fully saturated rings. The van der Waals surface area contributed by atoms with E-state index in [1.54, 1.807) is 0 Å². The minimum atomic E-state index is 0.750. The fraction of sp³-hybridized carbons (Fsp3) is 0.524. The molecule has 0 N–H and O–H groups in total. The van der Waals surface area contributed by atoms with Crippen LogP contribution in [0.3, 0.4) is 0 Å². The van der Waals surface area contributed by atoms with Crippen LogP contribution in [0.15, 0.2) is 30.3 Å². The molecular weight excluding hydrogens is 280 g/mol. The summed E-state index contributed by atoms with van der Waals surface area (Å²) in [5.74, 6) is 2.62. The molecule has 1 aromatic carbocycles. The Morgan fingerprint density at radius 1 is 0.913 bits per heavy atom. The maximum absolute atomic E-state index is 4.64. The van der Waals surface area contributed by atoms with E-state index in [1.807, 2.05) is 0 Å². The molecule has 0 bridgehead atoms. The normalized spacial score (nSPS) is 21.3. The van der Waals surface area contributed by atoms with Gasteiger partial charge in [0.15, 0.2) is 0 Å². The third-order valence-electron chi connectivity index (χ3n) is 5.00. The Bertz CT molecular complexity index is 642. The third kappa shape index (κ3) is 4.63. The van der Waals surface area contributed by atoms with Gasteiger partial charge in [0.1, 0.15) is 5.82 Å². The van der Waals surface area contributed by atoms with Gasteiger partial charge in [0.2, 0.25) is 0 Å². The van der Waals surface area contributed by atoms with Crippen LogP contribution < -0.4 is 0 Å². The van der Waals surface area contributed by atoms with Crippen LogP contribution in [0.4, 0.5) is 0 Å². The smallest absolute Gasteiger partial charge is 0.129 e. The first-order chi connectivity index (χ1) is 11.1. The van der Waals surface area contributed by atoms with Crippen molar-refractivity contribution >= 4 is 0 Å². The molecule has 1 saturated carbocycles. The predicted octanol–water partition coefficient (Wildman–Crippen LogP) is 4.99. The summed E-state index contributed by atoms with van der Waals surface area (Å²) >= 11 is 0. The third-order valence-corrected chi connectivity index (χ3v) is 5.00. The largest absolute Gasteiger partial charge is 0.238 e. The highest BCUT2D eigenvalue weighted by molar-refractivity contribution is 5.22. The maximum Gasteiger partial charge on any atom is 0.129 e. The Balaban J connectivity index is 1.61. The summed E-state index contributed by atoms with van der Waals surface area (Å²) < 4.78 is 0. The SMILES string of the molecule is Cc1cccc(CC2CCCC(Cc3nc(C)cc(C)n3)C2)c1. The second-order valence-electron chi connectivity index (χ2n) is 7.36. The average molecular weight is 308 g/mol. The van der Waals surface area contributed by atoms with Gasteiger partial charge in [-0.2, -0.15) is 0 Å². The highest BCUT2D eigenvalue weighted by atomic mass is 14.9. The minimum absolute atomic E-state index is 0.750. The number of nitrogens with zero attached hydrogens (tertiary/aromatic N) is 2. The first-order valence-corrected chi connectivity index (χ1v) is 8.95. The lowest BCUT2D eigenvalue weighted by Gasteiger charge is -2.29. The summed E-state index contributed by atoms with van der Waals surface area (Å²) in [6, 6.07) is 11.1. The summed E-state index contributed by atoms with van der Waals surface area (Å²) in [6.45, 7) is 6.32. The van der Waals surface area contributed by atoms with Crippen molar-refractivity contribution in [3.63, 3.8) is 0 Å². The number of hydrogen-bond acceptors (Lipinski definition) is 2. The van der Waals surface area contributed by atoms with Gasteiger partial charge in [0.25, 0.3) is 0 Å². The zero-order valence-electron chi connectivity index (χ0n) is 14.7. The van der Waals surface area contributed by atoms with Gasteiger partial charge in [-0.25, -0.2) is 9.97 Å². The molecule has 23 heavy (non-hydrogen) atoms. The molecular formula is C21H28N2. The van der Waals surface area contributed by atoms with Crippen LogP contribution in [0.25, 0.3) is 0 Å². The Hall–Kier alpha value is -1.70. The molecule has 2 heteroatoms. The van der Waals surface area contributed by atoms with Crippen molar-refractivity contribution in [2.45, 2.75) is 59.3 Å². The van der Waals surface area contributed by atoms with E-state index in [4.69, 9.17) is 0 Å². The average Bonchev–Trinajstić information content (AvgIpc) is 2.46. The summed E-state index contributed by atoms with van der Waals surface area (Å²) in [6.07, 6.45) is 7.66. The first kappa shape index (κ1) is 16.2. The van der Waals surface area contributed by atoms with E-state index in [-0.39, 0.29) is 0 Å². The van der Waals surface area contributed by atoms with Crippen LogP contribution in [0.1, 0.15) is 54.0 Å². The number of hydrogen-bond donors (Lipinski definition) is 0. The molecule has 2 unspecified atom stereocenters. The van der Waals surface area contributed by atoms with Gasteiger partial charge in [-0.1, -0.05) is 42.7 Å². The second kappa shape index (κ2) is 7.25. The van der Waals surface area contributed by atoms with Crippen molar-refractivity contribution < 1.29 is 0 Å². The monoisotopic (exact) mass is 308 g/mol. The first-order valence-electron chi connectivity index (χ1n) is 8.95. The molecule has 0 saturated heterocycles. The van der Waals surface area contributed by atoms with Gasteiger partial charge >= 0.3 is 0 Å². The van der Waals surface area contributed by atoms with E-state index < -0.39 is 0 Å². The quantitative estimate of drug-likeness (QED) is 0.795. The number of aryl methyl sites for hydroxylation is 3. The Morgan fingerprint density at radius 3 is 2.30 bits per heavy atom. The maximum atomic E-state index is 4.64. The van der Waals surface area contributed by atoms with Crippen LogP contribution in [-0.2, 0) is 12.8 Å². The molecule has 2 aromatic rings. The Labute approximate surface area is 140 Å². The topological polar surface area (TPSA) is 25.8 Å². The van der Waals surface area contributed by atoms with Crippen LogP contribution in [0.2, 0.25) is 0 Å². The van der Waals surface area contributed by atoms with Crippen molar-refractivity contribution in [1.29, 1.82) is 0 Å². The van der Waals surface area contributed by atoms with Crippen LogP contribution in [0, 0.1) is 32.6 Å². The summed E-state index contributed by atoms with van der Waals surface area (Å²) in [7, 11) is 0. The molecule has 1 aliphatic carbocycles.